The second-order valence-electron chi connectivity index (χ2n) is 6.20. The first-order valence-electron chi connectivity index (χ1n) is 7.31. The van der Waals surface area contributed by atoms with Gasteiger partial charge in [-0.2, -0.15) is 0 Å². The van der Waals surface area contributed by atoms with Crippen molar-refractivity contribution in [1.29, 1.82) is 0 Å². The lowest BCUT2D eigenvalue weighted by Crippen LogP contribution is -2.43. The quantitative estimate of drug-likeness (QED) is 0.500. The number of unbranched alkanes of at least 4 members (excludes halogenated alkanes) is 5. The minimum absolute atomic E-state index is 0.367. The Balaban J connectivity index is 3.93. The Morgan fingerprint density at radius 3 is 2.05 bits per heavy atom. The maximum Gasteiger partial charge on any atom is 0.316 e. The molecule has 1 amide bonds. The lowest BCUT2D eigenvalue weighted by atomic mass is 9.80. The van der Waals surface area contributed by atoms with Crippen LogP contribution in [-0.2, 0) is 9.59 Å². The number of carbonyl (C=O) groups is 2. The molecule has 0 aromatic rings. The van der Waals surface area contributed by atoms with E-state index in [1.807, 2.05) is 0 Å². The fraction of sp³-hybridized carbons (Fsp3) is 0.867. The summed E-state index contributed by atoms with van der Waals surface area (Å²) in [6.07, 6.45) is 6.93. The van der Waals surface area contributed by atoms with Crippen molar-refractivity contribution in [3.63, 3.8) is 0 Å². The summed E-state index contributed by atoms with van der Waals surface area (Å²) >= 11 is 0. The monoisotopic (exact) mass is 271 g/mol. The molecule has 2 N–H and O–H groups in total. The first kappa shape index (κ1) is 17.9. The molecule has 1 atom stereocenters. The Kier molecular flexibility index (Phi) is 8.44. The summed E-state index contributed by atoms with van der Waals surface area (Å²) in [5.74, 6) is -2.39. The second kappa shape index (κ2) is 8.94. The van der Waals surface area contributed by atoms with E-state index in [-0.39, 0.29) is 5.91 Å². The highest BCUT2D eigenvalue weighted by Crippen LogP contribution is 2.26. The van der Waals surface area contributed by atoms with Crippen LogP contribution in [-0.4, -0.2) is 23.5 Å². The van der Waals surface area contributed by atoms with Crippen LogP contribution in [0.2, 0.25) is 0 Å². The zero-order valence-electron chi connectivity index (χ0n) is 12.8. The number of nitrogens with one attached hydrogen (secondary N) is 1. The molecule has 0 saturated carbocycles. The average molecular weight is 271 g/mol. The zero-order chi connectivity index (χ0) is 14.9. The number of carbonyl (C=O) groups excluding carboxylic acids is 1. The molecule has 0 radical (unpaired) electrons. The van der Waals surface area contributed by atoms with Gasteiger partial charge in [-0.25, -0.2) is 0 Å². The van der Waals surface area contributed by atoms with E-state index in [9.17, 15) is 9.59 Å². The maximum absolute atomic E-state index is 11.9. The normalized spacial score (nSPS) is 13.1. The van der Waals surface area contributed by atoms with E-state index < -0.39 is 17.3 Å². The zero-order valence-corrected chi connectivity index (χ0v) is 12.8. The Labute approximate surface area is 117 Å². The largest absolute Gasteiger partial charge is 0.481 e. The van der Waals surface area contributed by atoms with Gasteiger partial charge in [0.05, 0.1) is 0 Å². The molecule has 4 nitrogen and oxygen atoms in total. The summed E-state index contributed by atoms with van der Waals surface area (Å²) in [4.78, 5) is 23.0. The Morgan fingerprint density at radius 2 is 1.58 bits per heavy atom. The molecule has 112 valence electrons. The van der Waals surface area contributed by atoms with Crippen LogP contribution in [0.3, 0.4) is 0 Å². The van der Waals surface area contributed by atoms with E-state index in [0.29, 0.717) is 6.54 Å². The van der Waals surface area contributed by atoms with Gasteiger partial charge in [-0.1, -0.05) is 59.8 Å². The fourth-order valence-electron chi connectivity index (χ4n) is 2.09. The van der Waals surface area contributed by atoms with Crippen molar-refractivity contribution in [2.45, 2.75) is 66.2 Å². The molecule has 0 bridgehead atoms. The minimum Gasteiger partial charge on any atom is -0.481 e. The molecule has 0 heterocycles. The van der Waals surface area contributed by atoms with Crippen LogP contribution in [0, 0.1) is 11.3 Å². The number of carboxylic acid groups (broad SMARTS) is 1. The first-order valence-corrected chi connectivity index (χ1v) is 7.31. The maximum atomic E-state index is 11.9. The third kappa shape index (κ3) is 7.85. The highest BCUT2D eigenvalue weighted by molar-refractivity contribution is 5.97. The molecule has 0 rings (SSSR count). The van der Waals surface area contributed by atoms with Gasteiger partial charge in [0.15, 0.2) is 0 Å². The smallest absolute Gasteiger partial charge is 0.316 e. The van der Waals surface area contributed by atoms with Gasteiger partial charge in [0, 0.05) is 6.54 Å². The molecule has 0 aliphatic heterocycles. The molecule has 1 unspecified atom stereocenters. The Hall–Kier alpha value is -1.06. The van der Waals surface area contributed by atoms with Crippen LogP contribution in [0.25, 0.3) is 0 Å². The number of carboxylic acids is 1. The first-order chi connectivity index (χ1) is 8.80. The predicted octanol–water partition coefficient (Wildman–Crippen LogP) is 3.21. The van der Waals surface area contributed by atoms with Gasteiger partial charge in [0.2, 0.25) is 5.91 Å². The van der Waals surface area contributed by atoms with Gasteiger partial charge in [-0.05, 0) is 11.8 Å². The molecule has 0 aromatic carbocycles. The van der Waals surface area contributed by atoms with Crippen molar-refractivity contribution in [2.24, 2.45) is 11.3 Å². The molecule has 0 aliphatic rings. The van der Waals surface area contributed by atoms with Gasteiger partial charge in [0.25, 0.3) is 0 Å². The van der Waals surface area contributed by atoms with Crippen LogP contribution in [0.4, 0.5) is 0 Å². The molecule has 0 aliphatic carbocycles. The number of aliphatic carboxylic acids is 1. The molecular weight excluding hydrogens is 242 g/mol. The van der Waals surface area contributed by atoms with Crippen molar-refractivity contribution in [3.8, 4) is 0 Å². The Morgan fingerprint density at radius 1 is 1.05 bits per heavy atom. The van der Waals surface area contributed by atoms with E-state index in [0.717, 1.165) is 12.8 Å². The van der Waals surface area contributed by atoms with Crippen LogP contribution in [0.5, 0.6) is 0 Å². The van der Waals surface area contributed by atoms with Crippen LogP contribution in [0.1, 0.15) is 66.2 Å². The molecule has 0 saturated heterocycles. The third-order valence-corrected chi connectivity index (χ3v) is 3.20. The number of rotatable bonds is 9. The van der Waals surface area contributed by atoms with Crippen LogP contribution in [0.15, 0.2) is 0 Å². The Bertz CT molecular complexity index is 282. The summed E-state index contributed by atoms with van der Waals surface area (Å²) in [5.41, 5.74) is -0.558. The number of hydrogen-bond donors (Lipinski definition) is 2. The van der Waals surface area contributed by atoms with Gasteiger partial charge < -0.3 is 10.4 Å². The van der Waals surface area contributed by atoms with Crippen molar-refractivity contribution in [2.75, 3.05) is 6.54 Å². The van der Waals surface area contributed by atoms with Crippen molar-refractivity contribution in [3.05, 3.63) is 0 Å². The summed E-state index contributed by atoms with van der Waals surface area (Å²) in [6.45, 7) is 8.08. The lowest BCUT2D eigenvalue weighted by molar-refractivity contribution is -0.151. The number of amides is 1. The fourth-order valence-corrected chi connectivity index (χ4v) is 2.09. The SMILES string of the molecule is CCCCCCCCNC(=O)C(C(=O)O)C(C)(C)C. The van der Waals surface area contributed by atoms with Crippen LogP contribution < -0.4 is 5.32 Å². The summed E-state index contributed by atoms with van der Waals surface area (Å²) in [6, 6.07) is 0. The van der Waals surface area contributed by atoms with E-state index in [1.165, 1.54) is 25.7 Å². The topological polar surface area (TPSA) is 66.4 Å². The lowest BCUT2D eigenvalue weighted by Gasteiger charge is -2.25. The molecule has 19 heavy (non-hydrogen) atoms. The minimum atomic E-state index is -1.05. The standard InChI is InChI=1S/C15H29NO3/c1-5-6-7-8-9-10-11-16-13(17)12(14(18)19)15(2,3)4/h12H,5-11H2,1-4H3,(H,16,17)(H,18,19). The van der Waals surface area contributed by atoms with Gasteiger partial charge in [-0.15, -0.1) is 0 Å². The molecule has 0 spiro atoms. The highest BCUT2D eigenvalue weighted by atomic mass is 16.4. The van der Waals surface area contributed by atoms with E-state index in [2.05, 4.69) is 12.2 Å². The van der Waals surface area contributed by atoms with E-state index in [1.54, 1.807) is 20.8 Å². The van der Waals surface area contributed by atoms with Crippen LogP contribution >= 0.6 is 0 Å². The van der Waals surface area contributed by atoms with Crippen molar-refractivity contribution in [1.82, 2.24) is 5.32 Å². The van der Waals surface area contributed by atoms with Gasteiger partial charge >= 0.3 is 5.97 Å². The third-order valence-electron chi connectivity index (χ3n) is 3.20. The summed E-state index contributed by atoms with van der Waals surface area (Å²) in [5, 5.41) is 11.9. The highest BCUT2D eigenvalue weighted by Gasteiger charge is 2.37. The van der Waals surface area contributed by atoms with Gasteiger partial charge in [-0.3, -0.25) is 9.59 Å². The van der Waals surface area contributed by atoms with E-state index in [4.69, 9.17) is 5.11 Å². The van der Waals surface area contributed by atoms with Crippen molar-refractivity contribution >= 4 is 11.9 Å². The van der Waals surface area contributed by atoms with E-state index >= 15 is 0 Å². The molecular formula is C15H29NO3. The molecule has 0 aromatic heterocycles. The number of hydrogen-bond acceptors (Lipinski definition) is 2. The van der Waals surface area contributed by atoms with Crippen molar-refractivity contribution < 1.29 is 14.7 Å². The second-order valence-corrected chi connectivity index (χ2v) is 6.20. The molecule has 0 fully saturated rings. The summed E-state index contributed by atoms with van der Waals surface area (Å²) in [7, 11) is 0. The van der Waals surface area contributed by atoms with Gasteiger partial charge in [0.1, 0.15) is 5.92 Å². The average Bonchev–Trinajstić information content (AvgIpc) is 2.25. The molecule has 4 heteroatoms. The summed E-state index contributed by atoms with van der Waals surface area (Å²) < 4.78 is 0. The predicted molar refractivity (Wildman–Crippen MR) is 77.0 cm³/mol.